The maximum atomic E-state index is 12.4. The molecule has 90 valence electrons. The summed E-state index contributed by atoms with van der Waals surface area (Å²) in [6.07, 6.45) is 6.85. The van der Waals surface area contributed by atoms with Crippen LogP contribution in [0.3, 0.4) is 0 Å². The van der Waals surface area contributed by atoms with Crippen molar-refractivity contribution in [3.63, 3.8) is 0 Å². The number of para-hydroxylation sites is 1. The molecule has 3 heteroatoms. The van der Waals surface area contributed by atoms with E-state index in [0.717, 1.165) is 11.3 Å². The molecule has 0 saturated heterocycles. The average Bonchev–Trinajstić information content (AvgIpc) is 2.48. The van der Waals surface area contributed by atoms with Crippen molar-refractivity contribution < 1.29 is 0 Å². The van der Waals surface area contributed by atoms with Gasteiger partial charge in [-0.25, -0.2) is 4.98 Å². The normalized spacial score (nSPS) is 10.3. The van der Waals surface area contributed by atoms with E-state index in [2.05, 4.69) is 10.9 Å². The molecule has 0 atom stereocenters. The summed E-state index contributed by atoms with van der Waals surface area (Å²) in [6, 6.07) is 14.5. The Morgan fingerprint density at radius 1 is 1.05 bits per heavy atom. The molecule has 0 fully saturated rings. The van der Waals surface area contributed by atoms with Gasteiger partial charge in [-0.15, -0.1) is 6.42 Å². The summed E-state index contributed by atoms with van der Waals surface area (Å²) < 4.78 is 1.52. The van der Waals surface area contributed by atoms with Crippen LogP contribution in [0.1, 0.15) is 5.56 Å². The minimum absolute atomic E-state index is 0.0842. The van der Waals surface area contributed by atoms with Crippen LogP contribution in [-0.4, -0.2) is 9.55 Å². The van der Waals surface area contributed by atoms with Gasteiger partial charge in [0.15, 0.2) is 0 Å². The lowest BCUT2D eigenvalue weighted by Gasteiger charge is -2.06. The van der Waals surface area contributed by atoms with Gasteiger partial charge in [-0.1, -0.05) is 18.1 Å². The summed E-state index contributed by atoms with van der Waals surface area (Å²) in [4.78, 5) is 16.6. The zero-order valence-corrected chi connectivity index (χ0v) is 10.1. The van der Waals surface area contributed by atoms with E-state index in [1.54, 1.807) is 18.2 Å². The van der Waals surface area contributed by atoms with Crippen molar-refractivity contribution in [1.82, 2.24) is 9.55 Å². The molecule has 0 aliphatic rings. The first kappa shape index (κ1) is 11.2. The van der Waals surface area contributed by atoms with Gasteiger partial charge < -0.3 is 0 Å². The fourth-order valence-electron chi connectivity index (χ4n) is 1.97. The van der Waals surface area contributed by atoms with Gasteiger partial charge in [0.05, 0.1) is 16.6 Å². The molecule has 1 heterocycles. The molecule has 1 aromatic heterocycles. The molecule has 3 nitrogen and oxygen atoms in total. The summed E-state index contributed by atoms with van der Waals surface area (Å²) in [7, 11) is 0. The number of benzene rings is 2. The molecule has 0 N–H and O–H groups in total. The SMILES string of the molecule is C#Cc1ccc(-n2cnc3ccccc3c2=O)cc1. The maximum absolute atomic E-state index is 12.4. The molecule has 3 rings (SSSR count). The second-order valence-corrected chi connectivity index (χ2v) is 4.13. The van der Waals surface area contributed by atoms with Crippen molar-refractivity contribution in [2.45, 2.75) is 0 Å². The Labute approximate surface area is 110 Å². The lowest BCUT2D eigenvalue weighted by molar-refractivity contribution is 0.963. The Morgan fingerprint density at radius 2 is 1.79 bits per heavy atom. The second-order valence-electron chi connectivity index (χ2n) is 4.13. The van der Waals surface area contributed by atoms with Gasteiger partial charge >= 0.3 is 0 Å². The van der Waals surface area contributed by atoms with E-state index in [4.69, 9.17) is 6.42 Å². The van der Waals surface area contributed by atoms with Crippen molar-refractivity contribution >= 4 is 10.9 Å². The monoisotopic (exact) mass is 246 g/mol. The van der Waals surface area contributed by atoms with Gasteiger partial charge in [0.2, 0.25) is 0 Å². The van der Waals surface area contributed by atoms with Crippen molar-refractivity contribution in [3.8, 4) is 18.0 Å². The third kappa shape index (κ3) is 1.90. The van der Waals surface area contributed by atoms with E-state index >= 15 is 0 Å². The number of fused-ring (bicyclic) bond motifs is 1. The molecule has 3 aromatic rings. The summed E-state index contributed by atoms with van der Waals surface area (Å²) in [5.74, 6) is 2.55. The number of hydrogen-bond donors (Lipinski definition) is 0. The molecule has 0 spiro atoms. The summed E-state index contributed by atoms with van der Waals surface area (Å²) in [5, 5.41) is 0.603. The van der Waals surface area contributed by atoms with Gasteiger partial charge in [0, 0.05) is 5.56 Å². The zero-order valence-electron chi connectivity index (χ0n) is 10.1. The molecule has 0 radical (unpaired) electrons. The Bertz CT molecular complexity index is 839. The largest absolute Gasteiger partial charge is 0.268 e. The fourth-order valence-corrected chi connectivity index (χ4v) is 1.97. The Balaban J connectivity index is 2.23. The zero-order chi connectivity index (χ0) is 13.2. The first-order chi connectivity index (χ1) is 9.29. The predicted octanol–water partition coefficient (Wildman–Crippen LogP) is 2.37. The van der Waals surface area contributed by atoms with Crippen LogP contribution < -0.4 is 5.56 Å². The van der Waals surface area contributed by atoms with Gasteiger partial charge in [-0.2, -0.15) is 0 Å². The van der Waals surface area contributed by atoms with E-state index in [0.29, 0.717) is 10.9 Å². The second kappa shape index (κ2) is 4.43. The Hall–Kier alpha value is -2.86. The molecule has 0 aliphatic carbocycles. The molecule has 0 saturated carbocycles. The van der Waals surface area contributed by atoms with Crippen molar-refractivity contribution in [3.05, 3.63) is 70.8 Å². The van der Waals surface area contributed by atoms with E-state index in [1.165, 1.54) is 10.9 Å². The number of hydrogen-bond acceptors (Lipinski definition) is 2. The lowest BCUT2D eigenvalue weighted by Crippen LogP contribution is -2.18. The highest BCUT2D eigenvalue weighted by Crippen LogP contribution is 2.10. The van der Waals surface area contributed by atoms with Crippen LogP contribution in [0.25, 0.3) is 16.6 Å². The van der Waals surface area contributed by atoms with Crippen LogP contribution >= 0.6 is 0 Å². The molecule has 0 aliphatic heterocycles. The predicted molar refractivity (Wildman–Crippen MR) is 75.3 cm³/mol. The van der Waals surface area contributed by atoms with Crippen LogP contribution in [-0.2, 0) is 0 Å². The van der Waals surface area contributed by atoms with Crippen LogP contribution in [0.5, 0.6) is 0 Å². The van der Waals surface area contributed by atoms with E-state index in [-0.39, 0.29) is 5.56 Å². The summed E-state index contributed by atoms with van der Waals surface area (Å²) in [6.45, 7) is 0. The van der Waals surface area contributed by atoms with Crippen LogP contribution in [0.15, 0.2) is 59.7 Å². The van der Waals surface area contributed by atoms with Crippen LogP contribution in [0, 0.1) is 12.3 Å². The average molecular weight is 246 g/mol. The fraction of sp³-hybridized carbons (Fsp3) is 0. The Kier molecular flexibility index (Phi) is 2.62. The molecular formula is C16H10N2O. The molecule has 0 bridgehead atoms. The highest BCUT2D eigenvalue weighted by atomic mass is 16.1. The molecule has 19 heavy (non-hydrogen) atoms. The highest BCUT2D eigenvalue weighted by molar-refractivity contribution is 5.77. The van der Waals surface area contributed by atoms with Gasteiger partial charge in [-0.05, 0) is 36.4 Å². The third-order valence-corrected chi connectivity index (χ3v) is 2.98. The number of nitrogens with zero attached hydrogens (tertiary/aromatic N) is 2. The van der Waals surface area contributed by atoms with Crippen molar-refractivity contribution in [1.29, 1.82) is 0 Å². The molecule has 0 unspecified atom stereocenters. The Morgan fingerprint density at radius 3 is 2.53 bits per heavy atom. The van der Waals surface area contributed by atoms with Crippen molar-refractivity contribution in [2.75, 3.05) is 0 Å². The van der Waals surface area contributed by atoms with Gasteiger partial charge in [-0.3, -0.25) is 9.36 Å². The van der Waals surface area contributed by atoms with E-state index in [1.807, 2.05) is 30.3 Å². The van der Waals surface area contributed by atoms with E-state index < -0.39 is 0 Å². The quantitative estimate of drug-likeness (QED) is 0.618. The van der Waals surface area contributed by atoms with Crippen LogP contribution in [0.4, 0.5) is 0 Å². The first-order valence-electron chi connectivity index (χ1n) is 5.83. The number of rotatable bonds is 1. The third-order valence-electron chi connectivity index (χ3n) is 2.98. The molecule has 2 aromatic carbocycles. The lowest BCUT2D eigenvalue weighted by atomic mass is 10.2. The van der Waals surface area contributed by atoms with Crippen molar-refractivity contribution in [2.24, 2.45) is 0 Å². The molecular weight excluding hydrogens is 236 g/mol. The van der Waals surface area contributed by atoms with Gasteiger partial charge in [0.25, 0.3) is 5.56 Å². The maximum Gasteiger partial charge on any atom is 0.265 e. The topological polar surface area (TPSA) is 34.9 Å². The summed E-state index contributed by atoms with van der Waals surface area (Å²) >= 11 is 0. The number of terminal acetylenes is 1. The minimum atomic E-state index is -0.0842. The van der Waals surface area contributed by atoms with Gasteiger partial charge in [0.1, 0.15) is 6.33 Å². The van der Waals surface area contributed by atoms with E-state index in [9.17, 15) is 4.79 Å². The number of aromatic nitrogens is 2. The molecule has 0 amide bonds. The first-order valence-corrected chi connectivity index (χ1v) is 5.83. The highest BCUT2D eigenvalue weighted by Gasteiger charge is 2.04. The smallest absolute Gasteiger partial charge is 0.265 e. The van der Waals surface area contributed by atoms with Crippen LogP contribution in [0.2, 0.25) is 0 Å². The minimum Gasteiger partial charge on any atom is -0.268 e. The summed E-state index contributed by atoms with van der Waals surface area (Å²) in [5.41, 5.74) is 2.15. The standard InChI is InChI=1S/C16H10N2O/c1-2-12-7-9-13(10-8-12)18-11-17-15-6-4-3-5-14(15)16(18)19/h1,3-11H.